The van der Waals surface area contributed by atoms with Gasteiger partial charge in [0.25, 0.3) is 5.91 Å². The van der Waals surface area contributed by atoms with Gasteiger partial charge in [-0.2, -0.15) is 0 Å². The Labute approximate surface area is 181 Å². The maximum absolute atomic E-state index is 12.7. The number of aromatic amines is 1. The summed E-state index contributed by atoms with van der Waals surface area (Å²) in [5.74, 6) is 0.515. The van der Waals surface area contributed by atoms with Crippen LogP contribution in [0, 0.1) is 0 Å². The molecule has 8 heteroatoms. The van der Waals surface area contributed by atoms with E-state index >= 15 is 0 Å². The molecule has 0 unspecified atom stereocenters. The molecule has 8 nitrogen and oxygen atoms in total. The molecular weight excluding hydrogens is 396 g/mol. The third kappa shape index (κ3) is 4.42. The van der Waals surface area contributed by atoms with Gasteiger partial charge in [-0.05, 0) is 45.7 Å². The van der Waals surface area contributed by atoms with Gasteiger partial charge in [-0.1, -0.05) is 6.58 Å². The summed E-state index contributed by atoms with van der Waals surface area (Å²) in [7, 11) is 0. The zero-order valence-electron chi connectivity index (χ0n) is 18.2. The lowest BCUT2D eigenvalue weighted by Gasteiger charge is -2.29. The molecule has 1 atom stereocenters. The van der Waals surface area contributed by atoms with Crippen LogP contribution in [0.5, 0.6) is 5.75 Å². The topological polar surface area (TPSA) is 96.5 Å². The van der Waals surface area contributed by atoms with Crippen LogP contribution in [0.4, 0.5) is 4.79 Å². The second-order valence-electron chi connectivity index (χ2n) is 8.87. The van der Waals surface area contributed by atoms with Crippen molar-refractivity contribution in [3.63, 3.8) is 0 Å². The van der Waals surface area contributed by atoms with Crippen LogP contribution in [0.1, 0.15) is 49.7 Å². The molecule has 2 aliphatic heterocycles. The molecule has 0 radical (unpaired) electrons. The fourth-order valence-corrected chi connectivity index (χ4v) is 3.93. The standard InChI is InChI=1S/C23H28N4O4/c1-14-5-6-15(27(14)22(29)31-23(2,3)4)13-30-20-12-24-9-7-16(20)19-11-17-18(26-19)8-10-25-21(17)28/h7,9,11-12,15,26H,1,5-6,8,10,13H2,2-4H3,(H,25,28)/t15-/m1/s1. The summed E-state index contributed by atoms with van der Waals surface area (Å²) >= 11 is 0. The largest absolute Gasteiger partial charge is 0.489 e. The van der Waals surface area contributed by atoms with Crippen molar-refractivity contribution in [1.29, 1.82) is 0 Å². The molecular formula is C23H28N4O4. The van der Waals surface area contributed by atoms with Crippen LogP contribution in [0.2, 0.25) is 0 Å². The second-order valence-corrected chi connectivity index (χ2v) is 8.87. The number of ether oxygens (including phenoxy) is 2. The molecule has 2 amide bonds. The van der Waals surface area contributed by atoms with E-state index in [0.717, 1.165) is 35.5 Å². The Morgan fingerprint density at radius 2 is 2.13 bits per heavy atom. The Hall–Kier alpha value is -3.29. The van der Waals surface area contributed by atoms with E-state index in [-0.39, 0.29) is 18.6 Å². The van der Waals surface area contributed by atoms with Crippen LogP contribution in [-0.2, 0) is 11.2 Å². The number of aromatic nitrogens is 2. The summed E-state index contributed by atoms with van der Waals surface area (Å²) in [5.41, 5.74) is 3.35. The van der Waals surface area contributed by atoms with Crippen LogP contribution in [0.3, 0.4) is 0 Å². The zero-order valence-corrected chi connectivity index (χ0v) is 18.2. The lowest BCUT2D eigenvalue weighted by Crippen LogP contribution is -2.41. The lowest BCUT2D eigenvalue weighted by molar-refractivity contribution is 0.0243. The van der Waals surface area contributed by atoms with Crippen molar-refractivity contribution in [2.45, 2.75) is 51.7 Å². The summed E-state index contributed by atoms with van der Waals surface area (Å²) in [6.45, 7) is 10.4. The maximum Gasteiger partial charge on any atom is 0.414 e. The molecule has 2 N–H and O–H groups in total. The van der Waals surface area contributed by atoms with Crippen LogP contribution in [-0.4, -0.2) is 51.7 Å². The minimum absolute atomic E-state index is 0.0715. The van der Waals surface area contributed by atoms with Crippen molar-refractivity contribution in [1.82, 2.24) is 20.2 Å². The first-order valence-electron chi connectivity index (χ1n) is 10.5. The summed E-state index contributed by atoms with van der Waals surface area (Å²) in [6, 6.07) is 3.53. The minimum Gasteiger partial charge on any atom is -0.489 e. The Morgan fingerprint density at radius 3 is 2.87 bits per heavy atom. The predicted octanol–water partition coefficient (Wildman–Crippen LogP) is 3.65. The number of allylic oxidation sites excluding steroid dienone is 1. The Bertz CT molecular complexity index is 1020. The van der Waals surface area contributed by atoms with E-state index in [2.05, 4.69) is 21.9 Å². The first kappa shape index (κ1) is 21.0. The van der Waals surface area contributed by atoms with Gasteiger partial charge < -0.3 is 19.8 Å². The molecule has 2 aromatic rings. The van der Waals surface area contributed by atoms with Gasteiger partial charge in [0.1, 0.15) is 18.0 Å². The molecule has 0 saturated carbocycles. The van der Waals surface area contributed by atoms with Gasteiger partial charge in [-0.25, -0.2) is 4.79 Å². The number of hydrogen-bond acceptors (Lipinski definition) is 5. The molecule has 0 bridgehead atoms. The van der Waals surface area contributed by atoms with E-state index in [9.17, 15) is 9.59 Å². The van der Waals surface area contributed by atoms with Crippen molar-refractivity contribution >= 4 is 12.0 Å². The van der Waals surface area contributed by atoms with E-state index in [1.807, 2.05) is 32.9 Å². The summed E-state index contributed by atoms with van der Waals surface area (Å²) in [4.78, 5) is 33.9. The van der Waals surface area contributed by atoms with Gasteiger partial charge in [0, 0.05) is 36.1 Å². The van der Waals surface area contributed by atoms with Crippen molar-refractivity contribution in [2.75, 3.05) is 13.2 Å². The van der Waals surface area contributed by atoms with Gasteiger partial charge in [-0.3, -0.25) is 14.7 Å². The van der Waals surface area contributed by atoms with Crippen LogP contribution in [0.25, 0.3) is 11.3 Å². The maximum atomic E-state index is 12.7. The fourth-order valence-electron chi connectivity index (χ4n) is 3.93. The van der Waals surface area contributed by atoms with Gasteiger partial charge in [0.15, 0.2) is 0 Å². The summed E-state index contributed by atoms with van der Waals surface area (Å²) in [6.07, 6.45) is 5.16. The van der Waals surface area contributed by atoms with E-state index < -0.39 is 11.7 Å². The first-order chi connectivity index (χ1) is 14.7. The van der Waals surface area contributed by atoms with E-state index in [1.165, 1.54) is 0 Å². The number of amides is 2. The first-order valence-corrected chi connectivity index (χ1v) is 10.5. The van der Waals surface area contributed by atoms with Gasteiger partial charge >= 0.3 is 6.09 Å². The number of H-pyrrole nitrogens is 1. The van der Waals surface area contributed by atoms with Gasteiger partial charge in [-0.15, -0.1) is 0 Å². The van der Waals surface area contributed by atoms with E-state index in [4.69, 9.17) is 9.47 Å². The highest BCUT2D eigenvalue weighted by Crippen LogP contribution is 2.33. The molecule has 0 aromatic carbocycles. The highest BCUT2D eigenvalue weighted by Gasteiger charge is 2.35. The van der Waals surface area contributed by atoms with E-state index in [0.29, 0.717) is 24.3 Å². The van der Waals surface area contributed by atoms with Crippen molar-refractivity contribution in [3.8, 4) is 17.0 Å². The minimum atomic E-state index is -0.582. The average molecular weight is 425 g/mol. The lowest BCUT2D eigenvalue weighted by atomic mass is 10.1. The molecule has 164 valence electrons. The molecule has 31 heavy (non-hydrogen) atoms. The number of carbonyl (C=O) groups excluding carboxylic acids is 2. The number of likely N-dealkylation sites (tertiary alicyclic amines) is 1. The van der Waals surface area contributed by atoms with Crippen LogP contribution >= 0.6 is 0 Å². The average Bonchev–Trinajstić information content (AvgIpc) is 3.29. The Balaban J connectivity index is 1.51. The highest BCUT2D eigenvalue weighted by molar-refractivity contribution is 5.98. The number of carbonyl (C=O) groups is 2. The molecule has 0 aliphatic carbocycles. The molecule has 4 rings (SSSR count). The normalized spacial score (nSPS) is 18.5. The smallest absolute Gasteiger partial charge is 0.414 e. The summed E-state index contributed by atoms with van der Waals surface area (Å²) < 4.78 is 11.7. The number of hydrogen-bond donors (Lipinski definition) is 2. The van der Waals surface area contributed by atoms with Crippen LogP contribution < -0.4 is 10.1 Å². The molecule has 4 heterocycles. The molecule has 0 spiro atoms. The van der Waals surface area contributed by atoms with E-state index in [1.54, 1.807) is 17.3 Å². The Morgan fingerprint density at radius 1 is 1.32 bits per heavy atom. The third-order valence-electron chi connectivity index (χ3n) is 5.37. The summed E-state index contributed by atoms with van der Waals surface area (Å²) in [5, 5.41) is 2.86. The number of nitrogens with zero attached hydrogens (tertiary/aromatic N) is 2. The number of rotatable bonds is 4. The predicted molar refractivity (Wildman–Crippen MR) is 116 cm³/mol. The third-order valence-corrected chi connectivity index (χ3v) is 5.37. The molecule has 1 fully saturated rings. The fraction of sp³-hybridized carbons (Fsp3) is 0.435. The van der Waals surface area contributed by atoms with Gasteiger partial charge in [0.2, 0.25) is 0 Å². The zero-order chi connectivity index (χ0) is 22.2. The number of nitrogens with one attached hydrogen (secondary N) is 2. The number of fused-ring (bicyclic) bond motifs is 1. The Kier molecular flexibility index (Phi) is 5.47. The quantitative estimate of drug-likeness (QED) is 0.781. The van der Waals surface area contributed by atoms with Crippen molar-refractivity contribution in [3.05, 3.63) is 48.1 Å². The van der Waals surface area contributed by atoms with Crippen molar-refractivity contribution in [2.24, 2.45) is 0 Å². The van der Waals surface area contributed by atoms with Gasteiger partial charge in [0.05, 0.1) is 23.5 Å². The molecule has 2 aliphatic rings. The molecule has 2 aromatic heterocycles. The second kappa shape index (κ2) is 8.09. The van der Waals surface area contributed by atoms with Crippen LogP contribution in [0.15, 0.2) is 36.8 Å². The highest BCUT2D eigenvalue weighted by atomic mass is 16.6. The monoisotopic (exact) mass is 424 g/mol. The van der Waals surface area contributed by atoms with Crippen molar-refractivity contribution < 1.29 is 19.1 Å². The SMILES string of the molecule is C=C1CC[C@H](COc2cnccc2-c2cc3c([nH]2)CCNC3=O)N1C(=O)OC(C)(C)C. The number of pyridine rings is 1. The molecule has 1 saturated heterocycles.